The second-order valence-corrected chi connectivity index (χ2v) is 10.2. The van der Waals surface area contributed by atoms with E-state index in [0.717, 1.165) is 10.5 Å². The molecule has 1 N–H and O–H groups in total. The normalized spacial score (nSPS) is 12.6. The summed E-state index contributed by atoms with van der Waals surface area (Å²) in [5.74, 6) is -0.532. The number of hydrogen-bond donors (Lipinski definition) is 1. The van der Waals surface area contributed by atoms with E-state index in [1.807, 2.05) is 20.8 Å². The van der Waals surface area contributed by atoms with Gasteiger partial charge in [0.1, 0.15) is 0 Å². The zero-order valence-electron chi connectivity index (χ0n) is 18.0. The molecule has 2 aromatic rings. The van der Waals surface area contributed by atoms with Crippen LogP contribution in [0, 0.1) is 0 Å². The summed E-state index contributed by atoms with van der Waals surface area (Å²) in [6.45, 7) is 5.70. The number of sulfonamides is 1. The molecule has 0 aliphatic rings. The largest absolute Gasteiger partial charge is 0.390 e. The van der Waals surface area contributed by atoms with Crippen LogP contribution in [0.25, 0.3) is 0 Å². The van der Waals surface area contributed by atoms with Gasteiger partial charge in [0, 0.05) is 25.7 Å². The van der Waals surface area contributed by atoms with Crippen molar-refractivity contribution in [1.82, 2.24) is 9.62 Å². The standard InChI is InChI=1S/C22H27F3N2O3S/c1-21(2,3)18-9-11-19(12-10-18)31(29,30)26-15-16-5-7-17(8-6-16)20(28)27(4)14-13-22(23,24)25/h5-12,26H,13-15H2,1-4H3. The third-order valence-electron chi connectivity index (χ3n) is 4.78. The van der Waals surface area contributed by atoms with E-state index in [1.54, 1.807) is 36.4 Å². The smallest absolute Gasteiger partial charge is 0.341 e. The topological polar surface area (TPSA) is 66.5 Å². The van der Waals surface area contributed by atoms with Gasteiger partial charge in [0.15, 0.2) is 0 Å². The first kappa shape index (κ1) is 24.9. The van der Waals surface area contributed by atoms with Gasteiger partial charge in [-0.1, -0.05) is 45.0 Å². The fourth-order valence-corrected chi connectivity index (χ4v) is 3.80. The molecule has 31 heavy (non-hydrogen) atoms. The first-order valence-electron chi connectivity index (χ1n) is 9.70. The Morgan fingerprint density at radius 3 is 2.00 bits per heavy atom. The molecule has 0 aromatic heterocycles. The van der Waals surface area contributed by atoms with Crippen molar-refractivity contribution in [2.24, 2.45) is 0 Å². The number of carbonyl (C=O) groups is 1. The molecule has 0 aliphatic carbocycles. The van der Waals surface area contributed by atoms with Gasteiger partial charge in [0.25, 0.3) is 5.91 Å². The van der Waals surface area contributed by atoms with Crippen molar-refractivity contribution in [3.05, 3.63) is 65.2 Å². The highest BCUT2D eigenvalue weighted by Gasteiger charge is 2.28. The maximum atomic E-state index is 12.5. The molecule has 0 spiro atoms. The average molecular weight is 457 g/mol. The minimum absolute atomic E-state index is 0.0156. The van der Waals surface area contributed by atoms with E-state index in [-0.39, 0.29) is 22.4 Å². The summed E-state index contributed by atoms with van der Waals surface area (Å²) < 4.78 is 64.5. The summed E-state index contributed by atoms with van der Waals surface area (Å²) in [6, 6.07) is 12.7. The number of hydrogen-bond acceptors (Lipinski definition) is 3. The van der Waals surface area contributed by atoms with E-state index in [2.05, 4.69) is 4.72 Å². The van der Waals surface area contributed by atoms with Gasteiger partial charge in [0.05, 0.1) is 11.3 Å². The van der Waals surface area contributed by atoms with Crippen LogP contribution in [0.15, 0.2) is 53.4 Å². The molecule has 2 aromatic carbocycles. The lowest BCUT2D eigenvalue weighted by Crippen LogP contribution is -2.30. The van der Waals surface area contributed by atoms with Gasteiger partial charge >= 0.3 is 6.18 Å². The van der Waals surface area contributed by atoms with Gasteiger partial charge < -0.3 is 4.90 Å². The van der Waals surface area contributed by atoms with Gasteiger partial charge in [-0.2, -0.15) is 13.2 Å². The molecule has 2 rings (SSSR count). The van der Waals surface area contributed by atoms with Crippen molar-refractivity contribution in [3.8, 4) is 0 Å². The highest BCUT2D eigenvalue weighted by atomic mass is 32.2. The third kappa shape index (κ3) is 7.36. The van der Waals surface area contributed by atoms with Crippen LogP contribution < -0.4 is 4.72 Å². The summed E-state index contributed by atoms with van der Waals surface area (Å²) in [5.41, 5.74) is 1.78. The number of amides is 1. The fourth-order valence-electron chi connectivity index (χ4n) is 2.78. The molecule has 0 bridgehead atoms. The summed E-state index contributed by atoms with van der Waals surface area (Å²) in [7, 11) is -2.41. The lowest BCUT2D eigenvalue weighted by Gasteiger charge is -2.19. The number of alkyl halides is 3. The number of benzene rings is 2. The Labute approximate surface area is 181 Å². The Morgan fingerprint density at radius 2 is 1.52 bits per heavy atom. The van der Waals surface area contributed by atoms with Crippen LogP contribution in [0.3, 0.4) is 0 Å². The molecule has 0 saturated heterocycles. The van der Waals surface area contributed by atoms with Crippen LogP contribution in [-0.2, 0) is 22.0 Å². The minimum atomic E-state index is -4.33. The summed E-state index contributed by atoms with van der Waals surface area (Å²) in [5, 5.41) is 0. The van der Waals surface area contributed by atoms with Crippen molar-refractivity contribution in [2.45, 2.75) is 50.2 Å². The molecule has 0 atom stereocenters. The monoisotopic (exact) mass is 456 g/mol. The van der Waals surface area contributed by atoms with Gasteiger partial charge in [0.2, 0.25) is 10.0 Å². The Balaban J connectivity index is 1.99. The Kier molecular flexibility index (Phi) is 7.54. The predicted octanol–water partition coefficient (Wildman–Crippen LogP) is 4.49. The summed E-state index contributed by atoms with van der Waals surface area (Å²) in [4.78, 5) is 13.4. The molecule has 5 nitrogen and oxygen atoms in total. The van der Waals surface area contributed by atoms with Crippen LogP contribution in [0.1, 0.15) is 48.7 Å². The van der Waals surface area contributed by atoms with Crippen LogP contribution in [0.4, 0.5) is 13.2 Å². The number of nitrogens with zero attached hydrogens (tertiary/aromatic N) is 1. The van der Waals surface area contributed by atoms with Gasteiger partial charge in [-0.25, -0.2) is 13.1 Å². The zero-order chi connectivity index (χ0) is 23.4. The van der Waals surface area contributed by atoms with Crippen LogP contribution in [-0.4, -0.2) is 39.0 Å². The van der Waals surface area contributed by atoms with Crippen molar-refractivity contribution < 1.29 is 26.4 Å². The van der Waals surface area contributed by atoms with Crippen LogP contribution in [0.5, 0.6) is 0 Å². The Morgan fingerprint density at radius 1 is 0.968 bits per heavy atom. The molecule has 0 saturated carbocycles. The maximum Gasteiger partial charge on any atom is 0.390 e. The van der Waals surface area contributed by atoms with Gasteiger partial charge in [-0.3, -0.25) is 4.79 Å². The molecule has 1 amide bonds. The fraction of sp³-hybridized carbons (Fsp3) is 0.409. The van der Waals surface area contributed by atoms with E-state index in [0.29, 0.717) is 5.56 Å². The Hall–Kier alpha value is -2.39. The summed E-state index contributed by atoms with van der Waals surface area (Å²) >= 11 is 0. The number of halogens is 3. The van der Waals surface area contributed by atoms with Gasteiger partial charge in [-0.05, 0) is 40.8 Å². The van der Waals surface area contributed by atoms with Gasteiger partial charge in [-0.15, -0.1) is 0 Å². The quantitative estimate of drug-likeness (QED) is 0.668. The minimum Gasteiger partial charge on any atom is -0.341 e. The number of rotatable bonds is 7. The molecular weight excluding hydrogens is 429 g/mol. The van der Waals surface area contributed by atoms with Crippen molar-refractivity contribution in [2.75, 3.05) is 13.6 Å². The van der Waals surface area contributed by atoms with Crippen LogP contribution >= 0.6 is 0 Å². The molecule has 0 radical (unpaired) electrons. The second-order valence-electron chi connectivity index (χ2n) is 8.39. The van der Waals surface area contributed by atoms with Crippen molar-refractivity contribution in [1.29, 1.82) is 0 Å². The van der Waals surface area contributed by atoms with Crippen molar-refractivity contribution in [3.63, 3.8) is 0 Å². The first-order chi connectivity index (χ1) is 14.2. The molecule has 0 heterocycles. The van der Waals surface area contributed by atoms with E-state index in [1.165, 1.54) is 19.2 Å². The van der Waals surface area contributed by atoms with Crippen LogP contribution in [0.2, 0.25) is 0 Å². The molecule has 0 fully saturated rings. The highest BCUT2D eigenvalue weighted by Crippen LogP contribution is 2.23. The SMILES string of the molecule is CN(CCC(F)(F)F)C(=O)c1ccc(CNS(=O)(=O)c2ccc(C(C)(C)C)cc2)cc1. The molecule has 9 heteroatoms. The molecule has 0 aliphatic heterocycles. The predicted molar refractivity (Wildman–Crippen MR) is 113 cm³/mol. The second kappa shape index (κ2) is 9.40. The third-order valence-corrected chi connectivity index (χ3v) is 6.19. The summed E-state index contributed by atoms with van der Waals surface area (Å²) in [6.07, 6.45) is -5.41. The lowest BCUT2D eigenvalue weighted by molar-refractivity contribution is -0.136. The lowest BCUT2D eigenvalue weighted by atomic mass is 9.87. The first-order valence-corrected chi connectivity index (χ1v) is 11.2. The maximum absolute atomic E-state index is 12.5. The van der Waals surface area contributed by atoms with Crippen molar-refractivity contribution >= 4 is 15.9 Å². The number of carbonyl (C=O) groups excluding carboxylic acids is 1. The Bertz CT molecular complexity index is 994. The molecule has 0 unspecified atom stereocenters. The average Bonchev–Trinajstić information content (AvgIpc) is 2.69. The molecule has 170 valence electrons. The van der Waals surface area contributed by atoms with E-state index in [4.69, 9.17) is 0 Å². The van der Waals surface area contributed by atoms with E-state index < -0.39 is 35.1 Å². The highest BCUT2D eigenvalue weighted by molar-refractivity contribution is 7.89. The molecular formula is C22H27F3N2O3S. The van der Waals surface area contributed by atoms with E-state index >= 15 is 0 Å². The van der Waals surface area contributed by atoms with E-state index in [9.17, 15) is 26.4 Å². The zero-order valence-corrected chi connectivity index (χ0v) is 18.8. The number of nitrogens with one attached hydrogen (secondary N) is 1.